The third-order valence-corrected chi connectivity index (χ3v) is 2.18. The van der Waals surface area contributed by atoms with Gasteiger partial charge in [-0.1, -0.05) is 24.3 Å². The molecule has 1 atom stereocenters. The largest absolute Gasteiger partial charge is 0.478 e. The van der Waals surface area contributed by atoms with Crippen LogP contribution in [0.25, 0.3) is 6.08 Å². The summed E-state index contributed by atoms with van der Waals surface area (Å²) in [6, 6.07) is 7.39. The number of para-hydroxylation sites is 1. The van der Waals surface area contributed by atoms with Crippen molar-refractivity contribution >= 4 is 17.7 Å². The monoisotopic (exact) mass is 190 g/mol. The molecule has 0 saturated heterocycles. The Balaban J connectivity index is 2.43. The van der Waals surface area contributed by atoms with Crippen LogP contribution in [0.2, 0.25) is 0 Å². The normalized spacial score (nSPS) is 23.8. The molecule has 0 amide bonds. The van der Waals surface area contributed by atoms with Crippen LogP contribution in [0.1, 0.15) is 5.56 Å². The Morgan fingerprint density at radius 1 is 1.43 bits per heavy atom. The summed E-state index contributed by atoms with van der Waals surface area (Å²) in [5.41, 5.74) is 5.80. The number of carboxylic acid groups (broad SMARTS) is 1. The minimum absolute atomic E-state index is 0.736. The summed E-state index contributed by atoms with van der Waals surface area (Å²) in [5.74, 6) is -1.09. The van der Waals surface area contributed by atoms with E-state index >= 15 is 0 Å². The molecule has 0 radical (unpaired) electrons. The molecule has 1 heterocycles. The molecular formula is C10H10N2O2. The molecule has 0 spiro atoms. The molecule has 1 aromatic rings. The van der Waals surface area contributed by atoms with E-state index in [-0.39, 0.29) is 0 Å². The van der Waals surface area contributed by atoms with Gasteiger partial charge in [0.2, 0.25) is 5.66 Å². The van der Waals surface area contributed by atoms with Gasteiger partial charge in [0.15, 0.2) is 0 Å². The van der Waals surface area contributed by atoms with Crippen molar-refractivity contribution in [1.82, 2.24) is 0 Å². The first kappa shape index (κ1) is 8.77. The van der Waals surface area contributed by atoms with Crippen molar-refractivity contribution < 1.29 is 9.90 Å². The zero-order chi connectivity index (χ0) is 10.2. The quantitative estimate of drug-likeness (QED) is 0.614. The van der Waals surface area contributed by atoms with Gasteiger partial charge in [0.05, 0.1) is 0 Å². The van der Waals surface area contributed by atoms with Gasteiger partial charge in [-0.2, -0.15) is 0 Å². The number of fused-ring (bicyclic) bond motifs is 1. The van der Waals surface area contributed by atoms with Gasteiger partial charge in [-0.15, -0.1) is 0 Å². The fraction of sp³-hybridized carbons (Fsp3) is 0.100. The molecule has 1 aliphatic heterocycles. The average Bonchev–Trinajstić information content (AvgIpc) is 2.17. The average molecular weight is 190 g/mol. The molecule has 0 fully saturated rings. The van der Waals surface area contributed by atoms with E-state index in [2.05, 4.69) is 5.32 Å². The Labute approximate surface area is 81.0 Å². The molecule has 4 heteroatoms. The van der Waals surface area contributed by atoms with Crippen LogP contribution in [-0.4, -0.2) is 16.7 Å². The maximum Gasteiger partial charge on any atom is 0.348 e. The second-order valence-corrected chi connectivity index (χ2v) is 3.22. The number of hydrogen-bond donors (Lipinski definition) is 3. The number of hydrogen-bond acceptors (Lipinski definition) is 3. The summed E-state index contributed by atoms with van der Waals surface area (Å²) in [4.78, 5) is 10.8. The lowest BCUT2D eigenvalue weighted by Gasteiger charge is -2.28. The Bertz CT molecular complexity index is 414. The first-order valence-electron chi connectivity index (χ1n) is 4.20. The van der Waals surface area contributed by atoms with E-state index in [0.717, 1.165) is 11.3 Å². The number of carboxylic acids is 1. The van der Waals surface area contributed by atoms with Crippen LogP contribution in [0, 0.1) is 0 Å². The second kappa shape index (κ2) is 2.85. The fourth-order valence-electron chi connectivity index (χ4n) is 1.37. The molecule has 1 aromatic carbocycles. The highest BCUT2D eigenvalue weighted by molar-refractivity contribution is 5.89. The molecule has 0 aliphatic carbocycles. The zero-order valence-electron chi connectivity index (χ0n) is 7.40. The van der Waals surface area contributed by atoms with Crippen molar-refractivity contribution in [3.63, 3.8) is 0 Å². The minimum atomic E-state index is -1.49. The molecule has 2 rings (SSSR count). The smallest absolute Gasteiger partial charge is 0.348 e. The highest BCUT2D eigenvalue weighted by Gasteiger charge is 2.33. The highest BCUT2D eigenvalue weighted by Crippen LogP contribution is 2.25. The van der Waals surface area contributed by atoms with E-state index in [0.29, 0.717) is 0 Å². The molecule has 0 bridgehead atoms. The number of rotatable bonds is 1. The van der Waals surface area contributed by atoms with Gasteiger partial charge in [-0.05, 0) is 17.7 Å². The molecule has 4 nitrogen and oxygen atoms in total. The predicted octanol–water partition coefficient (Wildman–Crippen LogP) is 0.865. The maximum atomic E-state index is 10.8. The van der Waals surface area contributed by atoms with Crippen LogP contribution >= 0.6 is 0 Å². The molecule has 0 saturated carbocycles. The van der Waals surface area contributed by atoms with Crippen LogP contribution in [-0.2, 0) is 4.79 Å². The zero-order valence-corrected chi connectivity index (χ0v) is 7.40. The topological polar surface area (TPSA) is 75.4 Å². The van der Waals surface area contributed by atoms with E-state index in [1.165, 1.54) is 6.08 Å². The lowest BCUT2D eigenvalue weighted by molar-refractivity contribution is -0.140. The Kier molecular flexibility index (Phi) is 1.79. The Morgan fingerprint density at radius 2 is 2.14 bits per heavy atom. The number of benzene rings is 1. The van der Waals surface area contributed by atoms with Crippen molar-refractivity contribution in [2.24, 2.45) is 5.73 Å². The van der Waals surface area contributed by atoms with Crippen molar-refractivity contribution in [3.8, 4) is 0 Å². The standard InChI is InChI=1S/C10H10N2O2/c11-10(9(13)14)6-5-7-3-1-2-4-8(7)12-10/h1-6,12H,11H2,(H,13,14). The van der Waals surface area contributed by atoms with Crippen molar-refractivity contribution in [1.29, 1.82) is 0 Å². The molecule has 4 N–H and O–H groups in total. The second-order valence-electron chi connectivity index (χ2n) is 3.22. The van der Waals surface area contributed by atoms with Crippen LogP contribution < -0.4 is 11.1 Å². The number of nitrogens with two attached hydrogens (primary N) is 1. The molecule has 72 valence electrons. The fourth-order valence-corrected chi connectivity index (χ4v) is 1.37. The van der Waals surface area contributed by atoms with Gasteiger partial charge < -0.3 is 10.4 Å². The van der Waals surface area contributed by atoms with Crippen LogP contribution in [0.3, 0.4) is 0 Å². The summed E-state index contributed by atoms with van der Waals surface area (Å²) < 4.78 is 0. The lowest BCUT2D eigenvalue weighted by atomic mass is 10.0. The van der Waals surface area contributed by atoms with Crippen molar-refractivity contribution in [2.45, 2.75) is 5.66 Å². The minimum Gasteiger partial charge on any atom is -0.478 e. The van der Waals surface area contributed by atoms with E-state index in [1.54, 1.807) is 12.1 Å². The van der Waals surface area contributed by atoms with Crippen molar-refractivity contribution in [2.75, 3.05) is 5.32 Å². The highest BCUT2D eigenvalue weighted by atomic mass is 16.4. The molecule has 1 unspecified atom stereocenters. The first-order chi connectivity index (χ1) is 6.62. The summed E-state index contributed by atoms with van der Waals surface area (Å²) in [6.45, 7) is 0. The summed E-state index contributed by atoms with van der Waals surface area (Å²) >= 11 is 0. The van der Waals surface area contributed by atoms with Gasteiger partial charge in [0, 0.05) is 5.69 Å². The Morgan fingerprint density at radius 3 is 2.86 bits per heavy atom. The lowest BCUT2D eigenvalue weighted by Crippen LogP contribution is -2.54. The Hall–Kier alpha value is -1.81. The first-order valence-corrected chi connectivity index (χ1v) is 4.20. The summed E-state index contributed by atoms with van der Waals surface area (Å²) in [6.07, 6.45) is 3.15. The van der Waals surface area contributed by atoms with Crippen LogP contribution in [0.5, 0.6) is 0 Å². The van der Waals surface area contributed by atoms with Gasteiger partial charge in [0.25, 0.3) is 0 Å². The van der Waals surface area contributed by atoms with E-state index in [1.807, 2.05) is 18.2 Å². The van der Waals surface area contributed by atoms with Gasteiger partial charge in [-0.25, -0.2) is 4.79 Å². The number of carbonyl (C=O) groups is 1. The number of anilines is 1. The van der Waals surface area contributed by atoms with Gasteiger partial charge in [-0.3, -0.25) is 5.73 Å². The van der Waals surface area contributed by atoms with Gasteiger partial charge >= 0.3 is 5.97 Å². The summed E-state index contributed by atoms with van der Waals surface area (Å²) in [5, 5.41) is 11.6. The number of nitrogens with one attached hydrogen (secondary N) is 1. The third-order valence-electron chi connectivity index (χ3n) is 2.18. The van der Waals surface area contributed by atoms with Crippen molar-refractivity contribution in [3.05, 3.63) is 35.9 Å². The maximum absolute atomic E-state index is 10.8. The van der Waals surface area contributed by atoms with E-state index < -0.39 is 11.6 Å². The molecular weight excluding hydrogens is 180 g/mol. The molecule has 0 aromatic heterocycles. The molecule has 14 heavy (non-hydrogen) atoms. The predicted molar refractivity (Wildman–Crippen MR) is 53.7 cm³/mol. The summed E-state index contributed by atoms with van der Waals surface area (Å²) in [7, 11) is 0. The van der Waals surface area contributed by atoms with E-state index in [4.69, 9.17) is 10.8 Å². The molecule has 1 aliphatic rings. The van der Waals surface area contributed by atoms with E-state index in [9.17, 15) is 4.79 Å². The van der Waals surface area contributed by atoms with Crippen LogP contribution in [0.15, 0.2) is 30.3 Å². The van der Waals surface area contributed by atoms with Gasteiger partial charge in [0.1, 0.15) is 0 Å². The third kappa shape index (κ3) is 1.25. The van der Waals surface area contributed by atoms with Crippen LogP contribution in [0.4, 0.5) is 5.69 Å². The number of aliphatic carboxylic acids is 1. The SMILES string of the molecule is NC1(C(=O)O)C=Cc2ccccc2N1.